The third-order valence-corrected chi connectivity index (χ3v) is 2.93. The second kappa shape index (κ2) is 3.37. The van der Waals surface area contributed by atoms with Crippen LogP contribution >= 0.6 is 23.4 Å². The SMILES string of the molecule is CSc1c(N)ccc(Cl)c1C. The molecule has 0 heterocycles. The van der Waals surface area contributed by atoms with Crippen LogP contribution in [-0.2, 0) is 0 Å². The lowest BCUT2D eigenvalue weighted by Crippen LogP contribution is -1.90. The first-order valence-electron chi connectivity index (χ1n) is 3.25. The normalized spacial score (nSPS) is 10.1. The van der Waals surface area contributed by atoms with Gasteiger partial charge in [-0.05, 0) is 30.9 Å². The number of hydrogen-bond acceptors (Lipinski definition) is 2. The Morgan fingerprint density at radius 1 is 1.45 bits per heavy atom. The lowest BCUT2D eigenvalue weighted by atomic mass is 10.2. The first-order chi connectivity index (χ1) is 5.16. The van der Waals surface area contributed by atoms with E-state index in [0.29, 0.717) is 0 Å². The van der Waals surface area contributed by atoms with E-state index in [1.807, 2.05) is 25.3 Å². The maximum atomic E-state index is 5.90. The number of rotatable bonds is 1. The minimum Gasteiger partial charge on any atom is -0.398 e. The fourth-order valence-corrected chi connectivity index (χ4v) is 1.89. The average molecular weight is 188 g/mol. The summed E-state index contributed by atoms with van der Waals surface area (Å²) >= 11 is 7.52. The number of halogens is 1. The lowest BCUT2D eigenvalue weighted by Gasteiger charge is -2.06. The predicted molar refractivity (Wildman–Crippen MR) is 52.4 cm³/mol. The van der Waals surface area contributed by atoms with Crippen molar-refractivity contribution >= 4 is 29.1 Å². The van der Waals surface area contributed by atoms with Crippen LogP contribution in [0.5, 0.6) is 0 Å². The third kappa shape index (κ3) is 1.63. The molecule has 0 spiro atoms. The Bertz CT molecular complexity index is 273. The second-order valence-electron chi connectivity index (χ2n) is 2.29. The summed E-state index contributed by atoms with van der Waals surface area (Å²) in [6.07, 6.45) is 2.00. The van der Waals surface area contributed by atoms with Crippen LogP contribution in [0.1, 0.15) is 5.56 Å². The fraction of sp³-hybridized carbons (Fsp3) is 0.250. The van der Waals surface area contributed by atoms with Crippen molar-refractivity contribution in [3.05, 3.63) is 22.7 Å². The molecule has 0 fully saturated rings. The molecule has 0 aromatic heterocycles. The molecule has 0 bridgehead atoms. The van der Waals surface area contributed by atoms with Crippen molar-refractivity contribution in [1.82, 2.24) is 0 Å². The Morgan fingerprint density at radius 3 is 2.55 bits per heavy atom. The minimum absolute atomic E-state index is 0.781. The molecule has 0 aliphatic heterocycles. The average Bonchev–Trinajstić information content (AvgIpc) is 1.99. The predicted octanol–water partition coefficient (Wildman–Crippen LogP) is 2.95. The molecule has 0 radical (unpaired) electrons. The molecule has 1 nitrogen and oxygen atoms in total. The molecular formula is C8H10ClNS. The van der Waals surface area contributed by atoms with Gasteiger partial charge in [0.25, 0.3) is 0 Å². The van der Waals surface area contributed by atoms with Crippen molar-refractivity contribution in [2.75, 3.05) is 12.0 Å². The monoisotopic (exact) mass is 187 g/mol. The quantitative estimate of drug-likeness (QED) is 0.541. The van der Waals surface area contributed by atoms with Gasteiger partial charge in [-0.2, -0.15) is 0 Å². The number of anilines is 1. The van der Waals surface area contributed by atoms with E-state index in [1.165, 1.54) is 0 Å². The second-order valence-corrected chi connectivity index (χ2v) is 3.52. The molecule has 0 atom stereocenters. The van der Waals surface area contributed by atoms with Gasteiger partial charge < -0.3 is 5.73 Å². The lowest BCUT2D eigenvalue weighted by molar-refractivity contribution is 1.31. The van der Waals surface area contributed by atoms with E-state index in [2.05, 4.69) is 0 Å². The molecule has 0 unspecified atom stereocenters. The molecule has 60 valence electrons. The molecule has 0 aliphatic carbocycles. The topological polar surface area (TPSA) is 26.0 Å². The molecule has 1 rings (SSSR count). The van der Waals surface area contributed by atoms with E-state index >= 15 is 0 Å². The minimum atomic E-state index is 0.781. The molecule has 0 saturated heterocycles. The van der Waals surface area contributed by atoms with Gasteiger partial charge in [0.05, 0.1) is 0 Å². The maximum absolute atomic E-state index is 5.90. The van der Waals surface area contributed by atoms with Crippen molar-refractivity contribution in [3.8, 4) is 0 Å². The summed E-state index contributed by atoms with van der Waals surface area (Å²) in [5.74, 6) is 0. The Labute approximate surface area is 75.9 Å². The van der Waals surface area contributed by atoms with Crippen LogP contribution in [0, 0.1) is 6.92 Å². The number of thioether (sulfide) groups is 1. The number of benzene rings is 1. The maximum Gasteiger partial charge on any atom is 0.0455 e. The van der Waals surface area contributed by atoms with E-state index < -0.39 is 0 Å². The molecule has 11 heavy (non-hydrogen) atoms. The molecule has 3 heteroatoms. The van der Waals surface area contributed by atoms with Gasteiger partial charge in [0.15, 0.2) is 0 Å². The number of nitrogens with two attached hydrogens (primary N) is 1. The fourth-order valence-electron chi connectivity index (χ4n) is 0.960. The summed E-state index contributed by atoms with van der Waals surface area (Å²) in [6.45, 7) is 1.98. The van der Waals surface area contributed by atoms with E-state index in [-0.39, 0.29) is 0 Å². The zero-order chi connectivity index (χ0) is 8.43. The number of hydrogen-bond donors (Lipinski definition) is 1. The molecular weight excluding hydrogens is 178 g/mol. The Hall–Kier alpha value is -0.340. The summed E-state index contributed by atoms with van der Waals surface area (Å²) < 4.78 is 0. The largest absolute Gasteiger partial charge is 0.398 e. The summed E-state index contributed by atoms with van der Waals surface area (Å²) in [5.41, 5.74) is 7.59. The summed E-state index contributed by atoms with van der Waals surface area (Å²) in [7, 11) is 0. The standard InChI is InChI=1S/C8H10ClNS/c1-5-6(9)3-4-7(10)8(5)11-2/h3-4H,10H2,1-2H3. The molecule has 2 N–H and O–H groups in total. The van der Waals surface area contributed by atoms with Crippen LogP contribution in [0.15, 0.2) is 17.0 Å². The molecule has 1 aromatic rings. The zero-order valence-corrected chi connectivity index (χ0v) is 8.09. The van der Waals surface area contributed by atoms with Gasteiger partial charge in [-0.3, -0.25) is 0 Å². The molecule has 0 amide bonds. The van der Waals surface area contributed by atoms with Gasteiger partial charge in [0, 0.05) is 15.6 Å². The van der Waals surface area contributed by atoms with Gasteiger partial charge in [-0.1, -0.05) is 11.6 Å². The van der Waals surface area contributed by atoms with Crippen LogP contribution in [-0.4, -0.2) is 6.26 Å². The first kappa shape index (κ1) is 8.75. The van der Waals surface area contributed by atoms with Crippen LogP contribution in [0.25, 0.3) is 0 Å². The highest BCUT2D eigenvalue weighted by Gasteiger charge is 2.04. The third-order valence-electron chi connectivity index (χ3n) is 1.57. The Balaban J connectivity index is 3.29. The van der Waals surface area contributed by atoms with Gasteiger partial charge in [-0.15, -0.1) is 11.8 Å². The van der Waals surface area contributed by atoms with Gasteiger partial charge in [-0.25, -0.2) is 0 Å². The van der Waals surface area contributed by atoms with E-state index in [4.69, 9.17) is 17.3 Å². The van der Waals surface area contributed by atoms with Crippen molar-refractivity contribution in [2.24, 2.45) is 0 Å². The van der Waals surface area contributed by atoms with E-state index in [0.717, 1.165) is 21.2 Å². The van der Waals surface area contributed by atoms with Gasteiger partial charge in [0.2, 0.25) is 0 Å². The van der Waals surface area contributed by atoms with Crippen molar-refractivity contribution < 1.29 is 0 Å². The van der Waals surface area contributed by atoms with Crippen molar-refractivity contribution in [3.63, 3.8) is 0 Å². The Morgan fingerprint density at radius 2 is 2.09 bits per heavy atom. The smallest absolute Gasteiger partial charge is 0.0455 e. The van der Waals surface area contributed by atoms with Crippen molar-refractivity contribution in [1.29, 1.82) is 0 Å². The van der Waals surface area contributed by atoms with Crippen LogP contribution in [0.3, 0.4) is 0 Å². The highest BCUT2D eigenvalue weighted by atomic mass is 35.5. The summed E-state index contributed by atoms with van der Waals surface area (Å²) in [4.78, 5) is 1.08. The highest BCUT2D eigenvalue weighted by Crippen LogP contribution is 2.31. The molecule has 0 saturated carbocycles. The summed E-state index contributed by atoms with van der Waals surface area (Å²) in [6, 6.07) is 3.66. The molecule has 1 aromatic carbocycles. The number of nitrogen functional groups attached to an aromatic ring is 1. The van der Waals surface area contributed by atoms with Gasteiger partial charge >= 0.3 is 0 Å². The van der Waals surface area contributed by atoms with Crippen LogP contribution in [0.4, 0.5) is 5.69 Å². The van der Waals surface area contributed by atoms with Gasteiger partial charge in [0.1, 0.15) is 0 Å². The summed E-state index contributed by atoms with van der Waals surface area (Å²) in [5, 5.41) is 0.781. The van der Waals surface area contributed by atoms with Crippen molar-refractivity contribution in [2.45, 2.75) is 11.8 Å². The Kier molecular flexibility index (Phi) is 2.68. The van der Waals surface area contributed by atoms with E-state index in [9.17, 15) is 0 Å². The molecule has 0 aliphatic rings. The first-order valence-corrected chi connectivity index (χ1v) is 4.85. The highest BCUT2D eigenvalue weighted by molar-refractivity contribution is 7.98. The van der Waals surface area contributed by atoms with Crippen LogP contribution in [0.2, 0.25) is 5.02 Å². The zero-order valence-electron chi connectivity index (χ0n) is 6.52. The van der Waals surface area contributed by atoms with E-state index in [1.54, 1.807) is 11.8 Å². The van der Waals surface area contributed by atoms with Crippen LogP contribution < -0.4 is 5.73 Å².